The topological polar surface area (TPSA) is 32.3 Å². The van der Waals surface area contributed by atoms with Gasteiger partial charge in [0.1, 0.15) is 5.82 Å². The van der Waals surface area contributed by atoms with E-state index in [9.17, 15) is 0 Å². The number of hydrogen-bond acceptors (Lipinski definition) is 4. The molecule has 0 aliphatic rings. The highest BCUT2D eigenvalue weighted by molar-refractivity contribution is 9.09. The first-order valence-electron chi connectivity index (χ1n) is 6.47. The fourth-order valence-corrected chi connectivity index (χ4v) is 2.40. The van der Waals surface area contributed by atoms with Crippen molar-refractivity contribution >= 4 is 27.7 Å². The fourth-order valence-electron chi connectivity index (χ4n) is 2.02. The molecule has 18 heavy (non-hydrogen) atoms. The Kier molecular flexibility index (Phi) is 6.39. The Labute approximate surface area is 119 Å². The van der Waals surface area contributed by atoms with Crippen LogP contribution < -0.4 is 9.80 Å². The summed E-state index contributed by atoms with van der Waals surface area (Å²) in [7, 11) is 3.93. The van der Waals surface area contributed by atoms with Gasteiger partial charge in [0.05, 0.1) is 0 Å². The lowest BCUT2D eigenvalue weighted by atomic mass is 10.1. The maximum atomic E-state index is 4.63. The smallest absolute Gasteiger partial charge is 0.226 e. The van der Waals surface area contributed by atoms with Crippen LogP contribution in [-0.2, 0) is 0 Å². The van der Waals surface area contributed by atoms with Crippen molar-refractivity contribution in [2.75, 3.05) is 35.8 Å². The van der Waals surface area contributed by atoms with Gasteiger partial charge in [-0.05, 0) is 18.9 Å². The van der Waals surface area contributed by atoms with E-state index < -0.39 is 0 Å². The van der Waals surface area contributed by atoms with Gasteiger partial charge in [0.15, 0.2) is 0 Å². The lowest BCUT2D eigenvalue weighted by molar-refractivity contribution is 0.563. The molecule has 0 unspecified atom stereocenters. The summed E-state index contributed by atoms with van der Waals surface area (Å²) in [6.45, 7) is 5.42. The lowest BCUT2D eigenvalue weighted by Crippen LogP contribution is -2.37. The first kappa shape index (κ1) is 15.2. The molecule has 4 nitrogen and oxygen atoms in total. The Balaban J connectivity index is 3.00. The zero-order valence-electron chi connectivity index (χ0n) is 11.7. The van der Waals surface area contributed by atoms with Crippen LogP contribution in [0.25, 0.3) is 0 Å². The molecule has 0 amide bonds. The zero-order chi connectivity index (χ0) is 13.5. The van der Waals surface area contributed by atoms with E-state index in [1.807, 2.05) is 31.3 Å². The number of aromatic nitrogens is 2. The summed E-state index contributed by atoms with van der Waals surface area (Å²) < 4.78 is 0. The summed E-state index contributed by atoms with van der Waals surface area (Å²) in [5, 5.41) is 0.949. The van der Waals surface area contributed by atoms with Crippen LogP contribution in [0.4, 0.5) is 11.8 Å². The molecule has 0 radical (unpaired) electrons. The molecule has 1 aromatic rings. The van der Waals surface area contributed by atoms with E-state index in [0.29, 0.717) is 6.04 Å². The molecule has 0 aromatic carbocycles. The Morgan fingerprint density at radius 1 is 1.28 bits per heavy atom. The van der Waals surface area contributed by atoms with Crippen molar-refractivity contribution in [2.45, 2.75) is 32.7 Å². The molecule has 0 aliphatic heterocycles. The summed E-state index contributed by atoms with van der Waals surface area (Å²) in [6.07, 6.45) is 4.09. The second-order valence-corrected chi connectivity index (χ2v) is 5.25. The van der Waals surface area contributed by atoms with Crippen LogP contribution in [0.3, 0.4) is 0 Å². The van der Waals surface area contributed by atoms with Gasteiger partial charge in [-0.2, -0.15) is 4.98 Å². The number of anilines is 2. The lowest BCUT2D eigenvalue weighted by Gasteiger charge is -2.31. The van der Waals surface area contributed by atoms with E-state index in [0.717, 1.165) is 36.5 Å². The minimum Gasteiger partial charge on any atom is -0.353 e. The average molecular weight is 315 g/mol. The normalized spacial score (nSPS) is 10.8. The molecule has 0 aliphatic carbocycles. The summed E-state index contributed by atoms with van der Waals surface area (Å²) in [5.41, 5.74) is 0. The number of hydrogen-bond donors (Lipinski definition) is 0. The average Bonchev–Trinajstić information content (AvgIpc) is 2.39. The summed E-state index contributed by atoms with van der Waals surface area (Å²) in [6, 6.07) is 2.53. The summed E-state index contributed by atoms with van der Waals surface area (Å²) in [4.78, 5) is 13.2. The monoisotopic (exact) mass is 314 g/mol. The first-order chi connectivity index (χ1) is 8.63. The van der Waals surface area contributed by atoms with Crippen molar-refractivity contribution in [3.63, 3.8) is 0 Å². The van der Waals surface area contributed by atoms with Gasteiger partial charge in [-0.1, -0.05) is 29.8 Å². The maximum absolute atomic E-state index is 4.63. The standard InChI is InChI=1S/C13H23BrN4/c1-5-11(6-2)18(10-8-14)12-7-9-15-13(16-12)17(3)4/h7,9,11H,5-6,8,10H2,1-4H3. The van der Waals surface area contributed by atoms with Crippen LogP contribution in [-0.4, -0.2) is 42.0 Å². The summed E-state index contributed by atoms with van der Waals surface area (Å²) >= 11 is 3.53. The van der Waals surface area contributed by atoms with Crippen LogP contribution in [0.2, 0.25) is 0 Å². The van der Waals surface area contributed by atoms with Crippen molar-refractivity contribution in [3.8, 4) is 0 Å². The highest BCUT2D eigenvalue weighted by atomic mass is 79.9. The molecule has 0 spiro atoms. The number of halogens is 1. The predicted molar refractivity (Wildman–Crippen MR) is 81.9 cm³/mol. The van der Waals surface area contributed by atoms with Gasteiger partial charge in [0.2, 0.25) is 5.95 Å². The third kappa shape index (κ3) is 3.83. The molecule has 102 valence electrons. The van der Waals surface area contributed by atoms with Crippen LogP contribution in [0, 0.1) is 0 Å². The van der Waals surface area contributed by atoms with E-state index in [2.05, 4.69) is 44.6 Å². The van der Waals surface area contributed by atoms with Crippen molar-refractivity contribution in [3.05, 3.63) is 12.3 Å². The molecule has 0 saturated heterocycles. The predicted octanol–water partition coefficient (Wildman–Crippen LogP) is 2.93. The zero-order valence-corrected chi connectivity index (χ0v) is 13.3. The second kappa shape index (κ2) is 7.56. The van der Waals surface area contributed by atoms with Gasteiger partial charge in [-0.15, -0.1) is 0 Å². The molecule has 5 heteroatoms. The van der Waals surface area contributed by atoms with Gasteiger partial charge >= 0.3 is 0 Å². The van der Waals surface area contributed by atoms with E-state index in [-0.39, 0.29) is 0 Å². The molecule has 0 fully saturated rings. The van der Waals surface area contributed by atoms with Crippen molar-refractivity contribution in [1.82, 2.24) is 9.97 Å². The highest BCUT2D eigenvalue weighted by Crippen LogP contribution is 2.19. The Bertz CT molecular complexity index is 353. The third-order valence-corrected chi connectivity index (χ3v) is 3.39. The fraction of sp³-hybridized carbons (Fsp3) is 0.692. The molecule has 0 bridgehead atoms. The van der Waals surface area contributed by atoms with E-state index >= 15 is 0 Å². The van der Waals surface area contributed by atoms with Crippen molar-refractivity contribution in [1.29, 1.82) is 0 Å². The largest absolute Gasteiger partial charge is 0.353 e. The quantitative estimate of drug-likeness (QED) is 0.724. The molecule has 0 atom stereocenters. The highest BCUT2D eigenvalue weighted by Gasteiger charge is 2.17. The molecular weight excluding hydrogens is 292 g/mol. The van der Waals surface area contributed by atoms with Crippen LogP contribution in [0.1, 0.15) is 26.7 Å². The Morgan fingerprint density at radius 3 is 2.44 bits per heavy atom. The van der Waals surface area contributed by atoms with Gasteiger partial charge in [-0.3, -0.25) is 0 Å². The number of nitrogens with zero attached hydrogens (tertiary/aromatic N) is 4. The first-order valence-corrected chi connectivity index (χ1v) is 7.59. The Morgan fingerprint density at radius 2 is 1.94 bits per heavy atom. The molecule has 1 rings (SSSR count). The molecular formula is C13H23BrN4. The van der Waals surface area contributed by atoms with E-state index in [1.54, 1.807) is 0 Å². The molecule has 0 N–H and O–H groups in total. The van der Waals surface area contributed by atoms with Gasteiger partial charge in [-0.25, -0.2) is 4.98 Å². The Hall–Kier alpha value is -0.840. The van der Waals surface area contributed by atoms with Gasteiger partial charge < -0.3 is 9.80 Å². The minimum absolute atomic E-state index is 0.535. The van der Waals surface area contributed by atoms with Crippen molar-refractivity contribution < 1.29 is 0 Å². The molecule has 1 aromatic heterocycles. The minimum atomic E-state index is 0.535. The van der Waals surface area contributed by atoms with E-state index in [4.69, 9.17) is 0 Å². The maximum Gasteiger partial charge on any atom is 0.226 e. The molecule has 1 heterocycles. The van der Waals surface area contributed by atoms with Gasteiger partial charge in [0, 0.05) is 38.2 Å². The summed E-state index contributed by atoms with van der Waals surface area (Å²) in [5.74, 6) is 1.78. The van der Waals surface area contributed by atoms with Crippen LogP contribution in [0.15, 0.2) is 12.3 Å². The second-order valence-electron chi connectivity index (χ2n) is 4.46. The van der Waals surface area contributed by atoms with Crippen molar-refractivity contribution in [2.24, 2.45) is 0 Å². The molecule has 0 saturated carbocycles. The third-order valence-electron chi connectivity index (χ3n) is 3.03. The van der Waals surface area contributed by atoms with Crippen LogP contribution >= 0.6 is 15.9 Å². The SMILES string of the molecule is CCC(CC)N(CCBr)c1ccnc(N(C)C)n1. The van der Waals surface area contributed by atoms with Crippen LogP contribution in [0.5, 0.6) is 0 Å². The van der Waals surface area contributed by atoms with E-state index in [1.165, 1.54) is 0 Å². The number of alkyl halides is 1. The van der Waals surface area contributed by atoms with Gasteiger partial charge in [0.25, 0.3) is 0 Å². The number of rotatable bonds is 7.